The van der Waals surface area contributed by atoms with Crippen molar-refractivity contribution >= 4 is 5.91 Å². The van der Waals surface area contributed by atoms with Gasteiger partial charge in [-0.2, -0.15) is 9.78 Å². The summed E-state index contributed by atoms with van der Waals surface area (Å²) >= 11 is 0. The van der Waals surface area contributed by atoms with Crippen molar-refractivity contribution in [3.8, 4) is 5.69 Å². The van der Waals surface area contributed by atoms with E-state index in [1.165, 1.54) is 42.5 Å². The van der Waals surface area contributed by atoms with Crippen molar-refractivity contribution in [3.63, 3.8) is 0 Å². The van der Waals surface area contributed by atoms with E-state index in [2.05, 4.69) is 10.4 Å². The summed E-state index contributed by atoms with van der Waals surface area (Å²) in [5.74, 6) is -2.02. The van der Waals surface area contributed by atoms with Crippen LogP contribution in [0, 0.1) is 11.6 Å². The molecule has 4 rings (SSSR count). The molecule has 0 saturated heterocycles. The van der Waals surface area contributed by atoms with Crippen LogP contribution in [0.5, 0.6) is 0 Å². The van der Waals surface area contributed by atoms with Gasteiger partial charge in [0.05, 0.1) is 6.54 Å². The van der Waals surface area contributed by atoms with Crippen LogP contribution < -0.4 is 16.6 Å². The van der Waals surface area contributed by atoms with Gasteiger partial charge in [-0.3, -0.25) is 14.2 Å². The monoisotopic (exact) mass is 398 g/mol. The van der Waals surface area contributed by atoms with Crippen LogP contribution in [-0.2, 0) is 6.54 Å². The summed E-state index contributed by atoms with van der Waals surface area (Å²) in [4.78, 5) is 38.2. The Bertz CT molecular complexity index is 1210. The Balaban J connectivity index is 1.89. The van der Waals surface area contributed by atoms with Crippen LogP contribution in [0.1, 0.15) is 28.9 Å². The van der Waals surface area contributed by atoms with E-state index in [0.717, 1.165) is 23.5 Å². The fourth-order valence-corrected chi connectivity index (χ4v) is 2.88. The van der Waals surface area contributed by atoms with Gasteiger partial charge in [-0.1, -0.05) is 24.3 Å². The maximum atomic E-state index is 14.3. The molecule has 1 aliphatic rings. The van der Waals surface area contributed by atoms with Crippen molar-refractivity contribution in [1.29, 1.82) is 0 Å². The summed E-state index contributed by atoms with van der Waals surface area (Å²) in [6, 6.07) is 10.7. The molecule has 3 aromatic rings. The van der Waals surface area contributed by atoms with Crippen molar-refractivity contribution in [2.45, 2.75) is 25.4 Å². The van der Waals surface area contributed by atoms with Gasteiger partial charge in [0.2, 0.25) is 5.69 Å². The average molecular weight is 398 g/mol. The number of amides is 1. The number of halogens is 2. The molecule has 1 saturated carbocycles. The van der Waals surface area contributed by atoms with Gasteiger partial charge >= 0.3 is 5.69 Å². The smallest absolute Gasteiger partial charge is 0.348 e. The zero-order chi connectivity index (χ0) is 20.5. The topological polar surface area (TPSA) is 86.0 Å². The van der Waals surface area contributed by atoms with Crippen LogP contribution in [0.4, 0.5) is 8.78 Å². The normalized spacial score (nSPS) is 13.3. The van der Waals surface area contributed by atoms with Crippen molar-refractivity contribution in [3.05, 3.63) is 92.3 Å². The highest BCUT2D eigenvalue weighted by Gasteiger charge is 2.28. The molecule has 9 heteroatoms. The molecule has 1 fully saturated rings. The van der Waals surface area contributed by atoms with E-state index < -0.39 is 34.5 Å². The Kier molecular flexibility index (Phi) is 4.79. The third kappa shape index (κ3) is 3.84. The summed E-state index contributed by atoms with van der Waals surface area (Å²) in [7, 11) is 0. The van der Waals surface area contributed by atoms with Crippen LogP contribution in [0.25, 0.3) is 5.69 Å². The largest absolute Gasteiger partial charge is 0.352 e. The number of rotatable bonds is 5. The lowest BCUT2D eigenvalue weighted by Crippen LogP contribution is -2.46. The number of hydrogen-bond acceptors (Lipinski definition) is 4. The van der Waals surface area contributed by atoms with Crippen LogP contribution in [0.2, 0.25) is 0 Å². The molecule has 148 valence electrons. The van der Waals surface area contributed by atoms with Crippen LogP contribution in [0.15, 0.2) is 58.1 Å². The van der Waals surface area contributed by atoms with E-state index in [9.17, 15) is 23.2 Å². The predicted octanol–water partition coefficient (Wildman–Crippen LogP) is 1.61. The van der Waals surface area contributed by atoms with E-state index >= 15 is 0 Å². The van der Waals surface area contributed by atoms with Gasteiger partial charge < -0.3 is 5.32 Å². The van der Waals surface area contributed by atoms with Crippen LogP contribution >= 0.6 is 0 Å². The van der Waals surface area contributed by atoms with Gasteiger partial charge in [-0.25, -0.2) is 13.6 Å². The number of nitrogens with one attached hydrogen (secondary N) is 1. The molecule has 1 aliphatic carbocycles. The van der Waals surface area contributed by atoms with E-state index in [0.29, 0.717) is 10.2 Å². The second-order valence-electron chi connectivity index (χ2n) is 6.76. The predicted molar refractivity (Wildman–Crippen MR) is 100 cm³/mol. The van der Waals surface area contributed by atoms with Crippen LogP contribution in [0.3, 0.4) is 0 Å². The highest BCUT2D eigenvalue weighted by Crippen LogP contribution is 2.18. The molecule has 0 unspecified atom stereocenters. The lowest BCUT2D eigenvalue weighted by atomic mass is 10.2. The maximum absolute atomic E-state index is 14.3. The Morgan fingerprint density at radius 2 is 1.86 bits per heavy atom. The summed E-state index contributed by atoms with van der Waals surface area (Å²) in [6.45, 7) is -0.296. The van der Waals surface area contributed by atoms with E-state index in [4.69, 9.17) is 0 Å². The number of hydrogen-bond donors (Lipinski definition) is 1. The van der Waals surface area contributed by atoms with Gasteiger partial charge in [0.1, 0.15) is 17.3 Å². The maximum Gasteiger partial charge on any atom is 0.352 e. The molecule has 29 heavy (non-hydrogen) atoms. The van der Waals surface area contributed by atoms with Crippen molar-refractivity contribution in [2.75, 3.05) is 0 Å². The highest BCUT2D eigenvalue weighted by atomic mass is 19.1. The fraction of sp³-hybridized carbons (Fsp3) is 0.200. The number of carbonyl (C=O) groups excluding carboxylic acids is 1. The third-order valence-electron chi connectivity index (χ3n) is 4.50. The zero-order valence-corrected chi connectivity index (χ0v) is 15.1. The highest BCUT2D eigenvalue weighted by molar-refractivity contribution is 5.92. The Hall–Kier alpha value is -3.62. The molecular weight excluding hydrogens is 382 g/mol. The summed E-state index contributed by atoms with van der Waals surface area (Å²) in [5, 5.41) is 6.49. The lowest BCUT2D eigenvalue weighted by Gasteiger charge is -2.12. The Morgan fingerprint density at radius 1 is 1.10 bits per heavy atom. The quantitative estimate of drug-likeness (QED) is 0.708. The minimum atomic E-state index is -0.938. The first-order valence-corrected chi connectivity index (χ1v) is 8.98. The first-order valence-electron chi connectivity index (χ1n) is 8.98. The van der Waals surface area contributed by atoms with Crippen molar-refractivity contribution < 1.29 is 13.6 Å². The number of aromatic nitrogens is 3. The molecule has 0 aliphatic heterocycles. The van der Waals surface area contributed by atoms with Crippen molar-refractivity contribution in [2.24, 2.45) is 0 Å². The number of benzene rings is 2. The Labute approximate surface area is 163 Å². The molecule has 0 atom stereocenters. The van der Waals surface area contributed by atoms with E-state index in [1.807, 2.05) is 0 Å². The summed E-state index contributed by atoms with van der Waals surface area (Å²) in [6.07, 6.45) is 1.58. The second-order valence-corrected chi connectivity index (χ2v) is 6.76. The molecule has 1 amide bonds. The van der Waals surface area contributed by atoms with Gasteiger partial charge in [0, 0.05) is 6.04 Å². The molecular formula is C20H16F2N4O3. The molecule has 1 aromatic heterocycles. The number of nitrogens with zero attached hydrogens (tertiary/aromatic N) is 3. The summed E-state index contributed by atoms with van der Waals surface area (Å²) < 4.78 is 29.2. The third-order valence-corrected chi connectivity index (χ3v) is 4.50. The first-order chi connectivity index (χ1) is 13.9. The van der Waals surface area contributed by atoms with Gasteiger partial charge in [-0.15, -0.1) is 0 Å². The SMILES string of the molecule is O=C(NC1CC1)c1nn(-c2ccccc2F)c(=O)n(Cc2cccc(F)c2)c1=O. The van der Waals surface area contributed by atoms with Gasteiger partial charge in [0.25, 0.3) is 11.5 Å². The molecule has 0 bridgehead atoms. The minimum absolute atomic E-state index is 0.0470. The average Bonchev–Trinajstić information content (AvgIpc) is 3.50. The molecule has 1 N–H and O–H groups in total. The number of carbonyl (C=O) groups is 1. The molecule has 7 nitrogen and oxygen atoms in total. The van der Waals surface area contributed by atoms with Crippen LogP contribution in [-0.4, -0.2) is 26.3 Å². The molecule has 0 spiro atoms. The minimum Gasteiger partial charge on any atom is -0.348 e. The summed E-state index contributed by atoms with van der Waals surface area (Å²) in [5.41, 5.74) is -2.26. The van der Waals surface area contributed by atoms with Crippen molar-refractivity contribution in [1.82, 2.24) is 19.7 Å². The van der Waals surface area contributed by atoms with E-state index in [1.54, 1.807) is 0 Å². The fourth-order valence-electron chi connectivity index (χ4n) is 2.88. The zero-order valence-electron chi connectivity index (χ0n) is 15.1. The van der Waals surface area contributed by atoms with Gasteiger partial charge in [-0.05, 0) is 42.7 Å². The molecule has 1 heterocycles. The van der Waals surface area contributed by atoms with E-state index in [-0.39, 0.29) is 18.3 Å². The standard InChI is InChI=1S/C20H16F2N4O3/c21-13-5-3-4-12(10-13)11-25-19(28)17(18(27)23-14-8-9-14)24-26(20(25)29)16-7-2-1-6-15(16)22/h1-7,10,14H,8-9,11H2,(H,23,27). The number of para-hydroxylation sites is 1. The van der Waals surface area contributed by atoms with Gasteiger partial charge in [0.15, 0.2) is 0 Å². The molecule has 0 radical (unpaired) electrons. The lowest BCUT2D eigenvalue weighted by molar-refractivity contribution is 0.0941. The Morgan fingerprint density at radius 3 is 2.55 bits per heavy atom. The first kappa shape index (κ1) is 18.7. The molecule has 2 aromatic carbocycles. The second kappa shape index (κ2) is 7.42.